The fourth-order valence-corrected chi connectivity index (χ4v) is 2.37. The Morgan fingerprint density at radius 3 is 2.94 bits per heavy atom. The van der Waals surface area contributed by atoms with Crippen LogP contribution in [0.4, 0.5) is 5.69 Å². The second-order valence-electron chi connectivity index (χ2n) is 3.87. The van der Waals surface area contributed by atoms with Gasteiger partial charge in [-0.25, -0.2) is 0 Å². The molecule has 0 aliphatic heterocycles. The molecule has 0 spiro atoms. The van der Waals surface area contributed by atoms with E-state index in [1.54, 1.807) is 28.3 Å². The van der Waals surface area contributed by atoms with Gasteiger partial charge < -0.3 is 9.88 Å². The summed E-state index contributed by atoms with van der Waals surface area (Å²) in [6.07, 6.45) is 1.71. The number of carbonyl (C=O) groups excluding carboxylic acids is 1. The predicted molar refractivity (Wildman–Crippen MR) is 73.0 cm³/mol. The highest BCUT2D eigenvalue weighted by Gasteiger charge is 2.07. The minimum Gasteiger partial charge on any atom is -0.323 e. The van der Waals surface area contributed by atoms with Gasteiger partial charge >= 0.3 is 0 Å². The zero-order valence-corrected chi connectivity index (χ0v) is 11.3. The molecule has 18 heavy (non-hydrogen) atoms. The van der Waals surface area contributed by atoms with Crippen LogP contribution in [0.25, 0.3) is 0 Å². The van der Waals surface area contributed by atoms with E-state index in [9.17, 15) is 4.79 Å². The van der Waals surface area contributed by atoms with Crippen molar-refractivity contribution in [2.24, 2.45) is 0 Å². The van der Waals surface area contributed by atoms with Gasteiger partial charge in [0.15, 0.2) is 4.80 Å². The average Bonchev–Trinajstić information content (AvgIpc) is 2.69. The lowest BCUT2D eigenvalue weighted by molar-refractivity contribution is -0.116. The monoisotopic (exact) mass is 281 g/mol. The van der Waals surface area contributed by atoms with Crippen molar-refractivity contribution in [2.45, 2.75) is 13.5 Å². The Morgan fingerprint density at radius 2 is 2.33 bits per heavy atom. The number of hydrogen-bond donors (Lipinski definition) is 2. The van der Waals surface area contributed by atoms with Gasteiger partial charge in [0.1, 0.15) is 6.54 Å². The van der Waals surface area contributed by atoms with E-state index in [0.29, 0.717) is 15.5 Å². The number of amides is 1. The molecule has 0 atom stereocenters. The third-order valence-corrected chi connectivity index (χ3v) is 3.42. The van der Waals surface area contributed by atoms with Crippen LogP contribution < -0.4 is 10.1 Å². The molecule has 1 heterocycles. The van der Waals surface area contributed by atoms with Crippen molar-refractivity contribution in [3.05, 3.63) is 45.2 Å². The van der Waals surface area contributed by atoms with Crippen molar-refractivity contribution in [3.63, 3.8) is 0 Å². The average molecular weight is 282 g/mol. The van der Waals surface area contributed by atoms with Gasteiger partial charge in [-0.05, 0) is 24.6 Å². The van der Waals surface area contributed by atoms with Gasteiger partial charge in [0.25, 0.3) is 0 Å². The maximum absolute atomic E-state index is 11.8. The zero-order chi connectivity index (χ0) is 13.1. The maximum atomic E-state index is 11.8. The number of rotatable bonds is 3. The second-order valence-corrected chi connectivity index (χ2v) is 5.17. The summed E-state index contributed by atoms with van der Waals surface area (Å²) >= 11 is 7.31. The van der Waals surface area contributed by atoms with E-state index in [1.807, 2.05) is 13.0 Å². The van der Waals surface area contributed by atoms with Gasteiger partial charge in [0.05, 0.1) is 10.7 Å². The third kappa shape index (κ3) is 3.00. The number of halogens is 1. The van der Waals surface area contributed by atoms with E-state index in [0.717, 1.165) is 5.56 Å². The molecular formula is C12H12ClN3OS. The van der Waals surface area contributed by atoms with Crippen molar-refractivity contribution in [1.29, 1.82) is 5.41 Å². The minimum atomic E-state index is -0.197. The van der Waals surface area contributed by atoms with Crippen LogP contribution in [0.5, 0.6) is 0 Å². The second kappa shape index (κ2) is 5.37. The largest absolute Gasteiger partial charge is 0.323 e. The first-order valence-electron chi connectivity index (χ1n) is 5.31. The van der Waals surface area contributed by atoms with Crippen molar-refractivity contribution >= 4 is 34.5 Å². The summed E-state index contributed by atoms with van der Waals surface area (Å²) in [6.45, 7) is 2.05. The molecule has 1 amide bonds. The van der Waals surface area contributed by atoms with E-state index < -0.39 is 0 Å². The van der Waals surface area contributed by atoms with E-state index in [2.05, 4.69) is 5.32 Å². The molecule has 2 aromatic rings. The van der Waals surface area contributed by atoms with Crippen LogP contribution >= 0.6 is 22.9 Å². The number of nitrogens with zero attached hydrogens (tertiary/aromatic N) is 1. The minimum absolute atomic E-state index is 0.118. The Hall–Kier alpha value is -1.59. The summed E-state index contributed by atoms with van der Waals surface area (Å²) in [7, 11) is 0. The number of aromatic nitrogens is 1. The zero-order valence-electron chi connectivity index (χ0n) is 9.74. The molecule has 1 aromatic carbocycles. The number of benzene rings is 1. The fourth-order valence-electron chi connectivity index (χ4n) is 1.49. The fraction of sp³-hybridized carbons (Fsp3) is 0.167. The molecule has 0 fully saturated rings. The van der Waals surface area contributed by atoms with Crippen LogP contribution in [0, 0.1) is 12.3 Å². The van der Waals surface area contributed by atoms with Crippen molar-refractivity contribution in [2.75, 3.05) is 5.32 Å². The first-order valence-corrected chi connectivity index (χ1v) is 6.56. The summed E-state index contributed by atoms with van der Waals surface area (Å²) in [5.41, 5.74) is 1.63. The summed E-state index contributed by atoms with van der Waals surface area (Å²) in [5, 5.41) is 12.6. The third-order valence-electron chi connectivity index (χ3n) is 2.39. The molecule has 0 aliphatic carbocycles. The Bertz CT molecular complexity index is 632. The Balaban J connectivity index is 2.08. The molecule has 0 saturated carbocycles. The van der Waals surface area contributed by atoms with E-state index in [-0.39, 0.29) is 12.5 Å². The number of hydrogen-bond acceptors (Lipinski definition) is 3. The molecule has 2 rings (SSSR count). The Labute approximate surface area is 113 Å². The van der Waals surface area contributed by atoms with Crippen molar-refractivity contribution in [3.8, 4) is 0 Å². The van der Waals surface area contributed by atoms with Gasteiger partial charge in [-0.15, -0.1) is 11.3 Å². The Morgan fingerprint density at radius 1 is 1.56 bits per heavy atom. The summed E-state index contributed by atoms with van der Waals surface area (Å²) in [6, 6.07) is 5.45. The number of anilines is 1. The van der Waals surface area contributed by atoms with Crippen molar-refractivity contribution in [1.82, 2.24) is 4.57 Å². The molecule has 0 aliphatic rings. The molecule has 0 radical (unpaired) electrons. The van der Waals surface area contributed by atoms with E-state index in [1.165, 1.54) is 11.3 Å². The Kier molecular flexibility index (Phi) is 3.84. The van der Waals surface area contributed by atoms with E-state index >= 15 is 0 Å². The lowest BCUT2D eigenvalue weighted by Crippen LogP contribution is -2.23. The smallest absolute Gasteiger partial charge is 0.244 e. The molecule has 2 N–H and O–H groups in total. The highest BCUT2D eigenvalue weighted by molar-refractivity contribution is 7.06. The summed E-state index contributed by atoms with van der Waals surface area (Å²) in [5.74, 6) is -0.197. The van der Waals surface area contributed by atoms with Crippen LogP contribution in [-0.2, 0) is 11.3 Å². The van der Waals surface area contributed by atoms with Crippen LogP contribution in [0.2, 0.25) is 5.02 Å². The summed E-state index contributed by atoms with van der Waals surface area (Å²) in [4.78, 5) is 12.1. The number of carbonyl (C=O) groups is 1. The molecule has 4 nitrogen and oxygen atoms in total. The predicted octanol–water partition coefficient (Wildman–Crippen LogP) is 2.63. The lowest BCUT2D eigenvalue weighted by atomic mass is 10.2. The standard InChI is InChI=1S/C12H12ClN3OS/c1-8-2-3-10(9(13)6-8)15-11(17)7-16-4-5-18-12(16)14/h2-6,14H,7H2,1H3,(H,15,17). The topological polar surface area (TPSA) is 57.9 Å². The van der Waals surface area contributed by atoms with E-state index in [4.69, 9.17) is 17.0 Å². The maximum Gasteiger partial charge on any atom is 0.244 e. The van der Waals surface area contributed by atoms with Crippen LogP contribution in [-0.4, -0.2) is 10.5 Å². The molecule has 0 saturated heterocycles. The molecular weight excluding hydrogens is 270 g/mol. The molecule has 94 valence electrons. The lowest BCUT2D eigenvalue weighted by Gasteiger charge is -2.08. The van der Waals surface area contributed by atoms with Gasteiger partial charge in [-0.2, -0.15) is 0 Å². The van der Waals surface area contributed by atoms with Crippen molar-refractivity contribution < 1.29 is 4.79 Å². The normalized spacial score (nSPS) is 10.3. The molecule has 6 heteroatoms. The SMILES string of the molecule is Cc1ccc(NC(=O)Cn2ccsc2=N)c(Cl)c1. The van der Waals surface area contributed by atoms with Crippen LogP contribution in [0.3, 0.4) is 0 Å². The first-order chi connectivity index (χ1) is 8.56. The molecule has 0 unspecified atom stereocenters. The highest BCUT2D eigenvalue weighted by Crippen LogP contribution is 2.22. The molecule has 1 aromatic heterocycles. The van der Waals surface area contributed by atoms with Gasteiger partial charge in [-0.3, -0.25) is 10.2 Å². The quantitative estimate of drug-likeness (QED) is 0.893. The summed E-state index contributed by atoms with van der Waals surface area (Å²) < 4.78 is 1.57. The molecule has 0 bridgehead atoms. The van der Waals surface area contributed by atoms with Crippen LogP contribution in [0.1, 0.15) is 5.56 Å². The van der Waals surface area contributed by atoms with Crippen LogP contribution in [0.15, 0.2) is 29.8 Å². The van der Waals surface area contributed by atoms with Gasteiger partial charge in [0.2, 0.25) is 5.91 Å². The number of aryl methyl sites for hydroxylation is 1. The van der Waals surface area contributed by atoms with Gasteiger partial charge in [-0.1, -0.05) is 17.7 Å². The van der Waals surface area contributed by atoms with Gasteiger partial charge in [0, 0.05) is 11.6 Å². The number of thiazole rings is 1. The highest BCUT2D eigenvalue weighted by atomic mass is 35.5. The first kappa shape index (κ1) is 12.9. The number of nitrogens with one attached hydrogen (secondary N) is 2.